The smallest absolute Gasteiger partial charge is 0.248 e. The van der Waals surface area contributed by atoms with Crippen molar-refractivity contribution in [3.05, 3.63) is 60.2 Å². The Kier molecular flexibility index (Phi) is 5.30. The highest BCUT2D eigenvalue weighted by Gasteiger charge is 2.36. The van der Waals surface area contributed by atoms with Crippen molar-refractivity contribution in [2.75, 3.05) is 18.6 Å². The maximum absolute atomic E-state index is 12.3. The number of hydrogen-bond donors (Lipinski definition) is 1. The molecule has 1 heterocycles. The number of para-hydroxylation sites is 2. The average Bonchev–Trinajstić information content (AvgIpc) is 3.04. The van der Waals surface area contributed by atoms with E-state index in [9.17, 15) is 9.59 Å². The molecule has 2 aromatic rings. The predicted molar refractivity (Wildman–Crippen MR) is 92.8 cm³/mol. The first-order valence-electron chi connectivity index (χ1n) is 8.08. The van der Waals surface area contributed by atoms with E-state index in [4.69, 9.17) is 9.57 Å². The molecule has 0 bridgehead atoms. The fourth-order valence-corrected chi connectivity index (χ4v) is 2.82. The van der Waals surface area contributed by atoms with Gasteiger partial charge in [0.05, 0.1) is 25.3 Å². The Morgan fingerprint density at radius 1 is 1.16 bits per heavy atom. The van der Waals surface area contributed by atoms with Crippen molar-refractivity contribution in [3.63, 3.8) is 0 Å². The highest BCUT2D eigenvalue weighted by molar-refractivity contribution is 6.01. The van der Waals surface area contributed by atoms with Crippen LogP contribution in [0.1, 0.15) is 12.0 Å². The van der Waals surface area contributed by atoms with Crippen LogP contribution in [0.15, 0.2) is 54.6 Å². The van der Waals surface area contributed by atoms with Gasteiger partial charge in [0.2, 0.25) is 11.8 Å². The topological polar surface area (TPSA) is 67.9 Å². The highest BCUT2D eigenvalue weighted by Crippen LogP contribution is 2.32. The monoisotopic (exact) mass is 340 g/mol. The lowest BCUT2D eigenvalue weighted by Gasteiger charge is -2.19. The molecule has 1 N–H and O–H groups in total. The molecule has 0 aromatic heterocycles. The minimum absolute atomic E-state index is 0.104. The summed E-state index contributed by atoms with van der Waals surface area (Å²) in [4.78, 5) is 31.4. The van der Waals surface area contributed by atoms with Crippen molar-refractivity contribution in [2.24, 2.45) is 5.92 Å². The van der Waals surface area contributed by atoms with Crippen molar-refractivity contribution in [3.8, 4) is 5.75 Å². The van der Waals surface area contributed by atoms with Crippen LogP contribution in [0.25, 0.3) is 0 Å². The van der Waals surface area contributed by atoms with Gasteiger partial charge in [-0.15, -0.1) is 0 Å². The van der Waals surface area contributed by atoms with Crippen LogP contribution in [0.2, 0.25) is 0 Å². The van der Waals surface area contributed by atoms with E-state index < -0.39 is 5.92 Å². The number of rotatable bonds is 6. The van der Waals surface area contributed by atoms with Gasteiger partial charge >= 0.3 is 0 Å². The van der Waals surface area contributed by atoms with Crippen LogP contribution in [0.4, 0.5) is 5.69 Å². The summed E-state index contributed by atoms with van der Waals surface area (Å²) in [6, 6.07) is 16.8. The molecule has 0 aliphatic carbocycles. The average molecular weight is 340 g/mol. The number of carbonyl (C=O) groups excluding carboxylic acids is 2. The Labute approximate surface area is 146 Å². The Hall–Kier alpha value is -2.86. The summed E-state index contributed by atoms with van der Waals surface area (Å²) in [6.07, 6.45) is 0.151. The van der Waals surface area contributed by atoms with E-state index in [0.717, 1.165) is 5.56 Å². The SMILES string of the molecule is COc1ccccc1N1CC(C(=O)NOCc2ccccc2)CC1=O. The minimum atomic E-state index is -0.451. The third-order valence-electron chi connectivity index (χ3n) is 4.13. The van der Waals surface area contributed by atoms with Crippen molar-refractivity contribution >= 4 is 17.5 Å². The van der Waals surface area contributed by atoms with Crippen molar-refractivity contribution in [2.45, 2.75) is 13.0 Å². The fourth-order valence-electron chi connectivity index (χ4n) is 2.82. The number of benzene rings is 2. The second kappa shape index (κ2) is 7.81. The third-order valence-corrected chi connectivity index (χ3v) is 4.13. The van der Waals surface area contributed by atoms with E-state index in [1.165, 1.54) is 0 Å². The van der Waals surface area contributed by atoms with E-state index in [-0.39, 0.29) is 24.8 Å². The Balaban J connectivity index is 1.57. The lowest BCUT2D eigenvalue weighted by Crippen LogP contribution is -2.33. The summed E-state index contributed by atoms with van der Waals surface area (Å²) in [7, 11) is 1.56. The Morgan fingerprint density at radius 3 is 2.64 bits per heavy atom. The summed E-state index contributed by atoms with van der Waals surface area (Å²) in [6.45, 7) is 0.587. The van der Waals surface area contributed by atoms with Gasteiger partial charge in [0, 0.05) is 13.0 Å². The normalized spacial score (nSPS) is 16.8. The zero-order valence-corrected chi connectivity index (χ0v) is 14.0. The lowest BCUT2D eigenvalue weighted by atomic mass is 10.1. The molecule has 2 aromatic carbocycles. The van der Waals surface area contributed by atoms with Crippen molar-refractivity contribution in [1.82, 2.24) is 5.48 Å². The third kappa shape index (κ3) is 3.97. The van der Waals surface area contributed by atoms with Gasteiger partial charge in [-0.3, -0.25) is 14.4 Å². The molecule has 0 radical (unpaired) electrons. The Bertz CT molecular complexity index is 748. The van der Waals surface area contributed by atoms with Gasteiger partial charge in [-0.25, -0.2) is 5.48 Å². The number of carbonyl (C=O) groups is 2. The molecule has 25 heavy (non-hydrogen) atoms. The predicted octanol–water partition coefficient (Wildman–Crippen LogP) is 2.30. The summed E-state index contributed by atoms with van der Waals surface area (Å²) >= 11 is 0. The number of methoxy groups -OCH3 is 1. The zero-order chi connectivity index (χ0) is 17.6. The van der Waals surface area contributed by atoms with Gasteiger partial charge < -0.3 is 9.64 Å². The first-order chi connectivity index (χ1) is 12.2. The minimum Gasteiger partial charge on any atom is -0.495 e. The van der Waals surface area contributed by atoms with Crippen molar-refractivity contribution < 1.29 is 19.2 Å². The molecular weight excluding hydrogens is 320 g/mol. The first kappa shape index (κ1) is 17.0. The molecule has 130 valence electrons. The van der Waals surface area contributed by atoms with Gasteiger partial charge in [0.25, 0.3) is 0 Å². The summed E-state index contributed by atoms with van der Waals surface area (Å²) < 4.78 is 5.30. The van der Waals surface area contributed by atoms with Gasteiger partial charge in [0.1, 0.15) is 5.75 Å². The van der Waals surface area contributed by atoms with E-state index in [1.807, 2.05) is 48.5 Å². The van der Waals surface area contributed by atoms with Gasteiger partial charge in [0.15, 0.2) is 0 Å². The largest absolute Gasteiger partial charge is 0.495 e. The Morgan fingerprint density at radius 2 is 1.88 bits per heavy atom. The van der Waals surface area contributed by atoms with Crippen molar-refractivity contribution in [1.29, 1.82) is 0 Å². The number of amides is 2. The second-order valence-corrected chi connectivity index (χ2v) is 5.82. The van der Waals surface area contributed by atoms with Crippen LogP contribution >= 0.6 is 0 Å². The fraction of sp³-hybridized carbons (Fsp3) is 0.263. The van der Waals surface area contributed by atoms with Crippen LogP contribution < -0.4 is 15.1 Å². The standard InChI is InChI=1S/C19H20N2O4/c1-24-17-10-6-5-9-16(17)21-12-15(11-18(21)22)19(23)20-25-13-14-7-3-2-4-8-14/h2-10,15H,11-13H2,1H3,(H,20,23). The molecule has 1 atom stereocenters. The number of nitrogens with zero attached hydrogens (tertiary/aromatic N) is 1. The maximum atomic E-state index is 12.3. The van der Waals surface area contributed by atoms with E-state index >= 15 is 0 Å². The summed E-state index contributed by atoms with van der Waals surface area (Å²) in [5, 5.41) is 0. The number of hydrogen-bond acceptors (Lipinski definition) is 4. The van der Waals surface area contributed by atoms with Crippen LogP contribution in [0.3, 0.4) is 0 Å². The van der Waals surface area contributed by atoms with Crippen LogP contribution in [-0.2, 0) is 21.0 Å². The number of nitrogens with one attached hydrogen (secondary N) is 1. The molecule has 0 saturated carbocycles. The molecule has 2 amide bonds. The zero-order valence-electron chi connectivity index (χ0n) is 14.0. The van der Waals surface area contributed by atoms with E-state index in [1.54, 1.807) is 18.1 Å². The summed E-state index contributed by atoms with van der Waals surface area (Å²) in [5.41, 5.74) is 4.08. The molecule has 1 aliphatic heterocycles. The van der Waals surface area contributed by atoms with Gasteiger partial charge in [-0.1, -0.05) is 42.5 Å². The molecule has 0 spiro atoms. The van der Waals surface area contributed by atoms with Crippen LogP contribution in [0.5, 0.6) is 5.75 Å². The molecule has 1 aliphatic rings. The van der Waals surface area contributed by atoms with Crippen LogP contribution in [0, 0.1) is 5.92 Å². The van der Waals surface area contributed by atoms with E-state index in [2.05, 4.69) is 5.48 Å². The number of ether oxygens (including phenoxy) is 1. The molecule has 3 rings (SSSR count). The molecule has 1 unspecified atom stereocenters. The van der Waals surface area contributed by atoms with Crippen LogP contribution in [-0.4, -0.2) is 25.5 Å². The second-order valence-electron chi connectivity index (χ2n) is 5.82. The van der Waals surface area contributed by atoms with Gasteiger partial charge in [-0.05, 0) is 17.7 Å². The molecular formula is C19H20N2O4. The molecule has 6 heteroatoms. The lowest BCUT2D eigenvalue weighted by molar-refractivity contribution is -0.138. The molecule has 1 fully saturated rings. The van der Waals surface area contributed by atoms with E-state index in [0.29, 0.717) is 18.0 Å². The highest BCUT2D eigenvalue weighted by atomic mass is 16.6. The molecule has 1 saturated heterocycles. The first-order valence-corrected chi connectivity index (χ1v) is 8.08. The quantitative estimate of drug-likeness (QED) is 0.820. The van der Waals surface area contributed by atoms with Gasteiger partial charge in [-0.2, -0.15) is 0 Å². The molecule has 6 nitrogen and oxygen atoms in total. The summed E-state index contributed by atoms with van der Waals surface area (Å²) in [5.74, 6) is -0.236. The number of hydroxylamine groups is 1. The number of anilines is 1. The maximum Gasteiger partial charge on any atom is 0.248 e.